The molecule has 98 valence electrons. The van der Waals surface area contributed by atoms with Gasteiger partial charge >= 0.3 is 0 Å². The zero-order valence-corrected chi connectivity index (χ0v) is 10.3. The van der Waals surface area contributed by atoms with Crippen LogP contribution in [-0.2, 0) is 16.1 Å². The zero-order chi connectivity index (χ0) is 13.2. The predicted molar refractivity (Wildman–Crippen MR) is 69.6 cm³/mol. The highest BCUT2D eigenvalue weighted by Gasteiger charge is 2.00. The Bertz CT molecular complexity index is 379. The van der Waals surface area contributed by atoms with Gasteiger partial charge in [0.25, 0.3) is 0 Å². The summed E-state index contributed by atoms with van der Waals surface area (Å²) in [5.74, 6) is -0.372. The van der Waals surface area contributed by atoms with E-state index in [4.69, 9.17) is 5.73 Å². The van der Waals surface area contributed by atoms with Crippen molar-refractivity contribution in [2.24, 2.45) is 5.73 Å². The quantitative estimate of drug-likeness (QED) is 0.574. The molecule has 1 rings (SSSR count). The molecule has 4 N–H and O–H groups in total. The maximum Gasteiger partial charge on any atom is 0.234 e. The van der Waals surface area contributed by atoms with E-state index < -0.39 is 0 Å². The number of nitrogens with two attached hydrogens (primary N) is 1. The van der Waals surface area contributed by atoms with Crippen molar-refractivity contribution in [2.45, 2.75) is 19.4 Å². The average Bonchev–Trinajstić information content (AvgIpc) is 2.37. The number of carbonyl (C=O) groups is 2. The third-order valence-electron chi connectivity index (χ3n) is 2.39. The summed E-state index contributed by atoms with van der Waals surface area (Å²) in [5.41, 5.74) is 6.07. The Morgan fingerprint density at radius 1 is 1.17 bits per heavy atom. The molecule has 0 aromatic heterocycles. The average molecular weight is 249 g/mol. The number of hydrogen-bond donors (Lipinski definition) is 3. The lowest BCUT2D eigenvalue weighted by Gasteiger charge is -2.06. The molecule has 0 aliphatic rings. The van der Waals surface area contributed by atoms with Crippen molar-refractivity contribution >= 4 is 11.8 Å². The first kappa shape index (κ1) is 14.2. The number of rotatable bonds is 8. The summed E-state index contributed by atoms with van der Waals surface area (Å²) in [7, 11) is 0. The van der Waals surface area contributed by atoms with Crippen molar-refractivity contribution in [1.29, 1.82) is 0 Å². The lowest BCUT2D eigenvalue weighted by atomic mass is 10.2. The van der Waals surface area contributed by atoms with Crippen LogP contribution in [0.1, 0.15) is 18.4 Å². The summed E-state index contributed by atoms with van der Waals surface area (Å²) in [6.45, 7) is 1.40. The van der Waals surface area contributed by atoms with E-state index in [0.29, 0.717) is 25.9 Å². The number of benzene rings is 1. The summed E-state index contributed by atoms with van der Waals surface area (Å²) in [6.07, 6.45) is 1.000. The first-order valence-electron chi connectivity index (χ1n) is 5.98. The molecule has 0 aliphatic heterocycles. The molecule has 1 aromatic carbocycles. The number of carbonyl (C=O) groups excluding carboxylic acids is 2. The van der Waals surface area contributed by atoms with E-state index >= 15 is 0 Å². The van der Waals surface area contributed by atoms with Gasteiger partial charge in [-0.3, -0.25) is 9.59 Å². The molecule has 0 saturated heterocycles. The Balaban J connectivity index is 2.06. The Labute approximate surface area is 107 Å². The first-order valence-corrected chi connectivity index (χ1v) is 5.98. The van der Waals surface area contributed by atoms with Crippen LogP contribution in [-0.4, -0.2) is 24.9 Å². The third-order valence-corrected chi connectivity index (χ3v) is 2.39. The van der Waals surface area contributed by atoms with E-state index in [1.54, 1.807) is 0 Å². The fourth-order valence-corrected chi connectivity index (χ4v) is 1.45. The van der Waals surface area contributed by atoms with E-state index in [2.05, 4.69) is 10.6 Å². The molecule has 1 aromatic rings. The van der Waals surface area contributed by atoms with Crippen LogP contribution >= 0.6 is 0 Å². The summed E-state index contributed by atoms with van der Waals surface area (Å²) in [5, 5.41) is 5.76. The fraction of sp³-hybridized carbons (Fsp3) is 0.385. The minimum atomic E-state index is -0.315. The minimum absolute atomic E-state index is 0.0575. The van der Waals surface area contributed by atoms with E-state index in [0.717, 1.165) is 5.56 Å². The Morgan fingerprint density at radius 2 is 1.89 bits per heavy atom. The Morgan fingerprint density at radius 3 is 2.56 bits per heavy atom. The van der Waals surface area contributed by atoms with E-state index in [-0.39, 0.29) is 18.4 Å². The highest BCUT2D eigenvalue weighted by Crippen LogP contribution is 1.96. The minimum Gasteiger partial charge on any atom is -0.370 e. The Kier molecular flexibility index (Phi) is 6.50. The maximum absolute atomic E-state index is 11.4. The van der Waals surface area contributed by atoms with E-state index in [9.17, 15) is 9.59 Å². The van der Waals surface area contributed by atoms with Crippen LogP contribution in [0.15, 0.2) is 30.3 Å². The molecule has 0 fully saturated rings. The van der Waals surface area contributed by atoms with Crippen LogP contribution in [0.25, 0.3) is 0 Å². The lowest BCUT2D eigenvalue weighted by molar-refractivity contribution is -0.120. The van der Waals surface area contributed by atoms with Gasteiger partial charge < -0.3 is 16.4 Å². The van der Waals surface area contributed by atoms with Gasteiger partial charge in [0.1, 0.15) is 0 Å². The largest absolute Gasteiger partial charge is 0.370 e. The first-order chi connectivity index (χ1) is 8.68. The van der Waals surface area contributed by atoms with Gasteiger partial charge in [-0.25, -0.2) is 0 Å². The summed E-state index contributed by atoms with van der Waals surface area (Å²) < 4.78 is 0. The molecule has 5 heteroatoms. The number of nitrogens with one attached hydrogen (secondary N) is 2. The highest BCUT2D eigenvalue weighted by molar-refractivity contribution is 5.78. The third kappa shape index (κ3) is 6.65. The van der Waals surface area contributed by atoms with Crippen molar-refractivity contribution in [3.05, 3.63) is 35.9 Å². The van der Waals surface area contributed by atoms with Gasteiger partial charge in [0.15, 0.2) is 0 Å². The molecule has 0 aliphatic carbocycles. The van der Waals surface area contributed by atoms with Gasteiger partial charge in [-0.2, -0.15) is 0 Å². The summed E-state index contributed by atoms with van der Waals surface area (Å²) in [4.78, 5) is 21.9. The van der Waals surface area contributed by atoms with Crippen molar-refractivity contribution < 1.29 is 9.59 Å². The van der Waals surface area contributed by atoms with Crippen LogP contribution in [0.5, 0.6) is 0 Å². The van der Waals surface area contributed by atoms with Crippen LogP contribution in [0, 0.1) is 0 Å². The second-order valence-electron chi connectivity index (χ2n) is 4.01. The second-order valence-corrected chi connectivity index (χ2v) is 4.01. The van der Waals surface area contributed by atoms with Crippen molar-refractivity contribution in [3.8, 4) is 0 Å². The monoisotopic (exact) mass is 249 g/mol. The summed E-state index contributed by atoms with van der Waals surface area (Å²) >= 11 is 0. The number of amides is 2. The van der Waals surface area contributed by atoms with Crippen LogP contribution in [0.4, 0.5) is 0 Å². The SMILES string of the molecule is NC(=O)CCCNCC(=O)NCc1ccccc1. The van der Waals surface area contributed by atoms with Gasteiger partial charge in [0, 0.05) is 13.0 Å². The second kappa shape index (κ2) is 8.25. The van der Waals surface area contributed by atoms with Crippen LogP contribution in [0.2, 0.25) is 0 Å². The standard InChI is InChI=1S/C13H19N3O2/c14-12(17)7-4-8-15-10-13(18)16-9-11-5-2-1-3-6-11/h1-3,5-6,15H,4,7-10H2,(H2,14,17)(H,16,18). The highest BCUT2D eigenvalue weighted by atomic mass is 16.2. The molecule has 0 unspecified atom stereocenters. The van der Waals surface area contributed by atoms with E-state index in [1.807, 2.05) is 30.3 Å². The Hall–Kier alpha value is -1.88. The van der Waals surface area contributed by atoms with Gasteiger partial charge in [0.2, 0.25) is 11.8 Å². The molecule has 0 atom stereocenters. The molecule has 0 heterocycles. The number of hydrogen-bond acceptors (Lipinski definition) is 3. The molecule has 18 heavy (non-hydrogen) atoms. The van der Waals surface area contributed by atoms with Gasteiger partial charge in [-0.15, -0.1) is 0 Å². The van der Waals surface area contributed by atoms with Crippen molar-refractivity contribution in [1.82, 2.24) is 10.6 Å². The normalized spacial score (nSPS) is 10.0. The van der Waals surface area contributed by atoms with Crippen molar-refractivity contribution in [2.75, 3.05) is 13.1 Å². The van der Waals surface area contributed by atoms with Gasteiger partial charge in [0.05, 0.1) is 6.54 Å². The molecular formula is C13H19N3O2. The smallest absolute Gasteiger partial charge is 0.234 e. The van der Waals surface area contributed by atoms with Crippen molar-refractivity contribution in [3.63, 3.8) is 0 Å². The van der Waals surface area contributed by atoms with Gasteiger partial charge in [-0.1, -0.05) is 30.3 Å². The molecular weight excluding hydrogens is 230 g/mol. The number of primary amides is 1. The summed E-state index contributed by atoms with van der Waals surface area (Å²) in [6, 6.07) is 9.72. The molecule has 5 nitrogen and oxygen atoms in total. The molecule has 0 radical (unpaired) electrons. The maximum atomic E-state index is 11.4. The lowest BCUT2D eigenvalue weighted by Crippen LogP contribution is -2.34. The van der Waals surface area contributed by atoms with Crippen LogP contribution in [0.3, 0.4) is 0 Å². The topological polar surface area (TPSA) is 84.2 Å². The predicted octanol–water partition coefficient (Wildman–Crippen LogP) is 0.158. The fourth-order valence-electron chi connectivity index (χ4n) is 1.45. The molecule has 0 bridgehead atoms. The van der Waals surface area contributed by atoms with Crippen LogP contribution < -0.4 is 16.4 Å². The molecule has 0 saturated carbocycles. The van der Waals surface area contributed by atoms with Gasteiger partial charge in [-0.05, 0) is 18.5 Å². The van der Waals surface area contributed by atoms with E-state index in [1.165, 1.54) is 0 Å². The molecule has 2 amide bonds. The molecule has 0 spiro atoms. The zero-order valence-electron chi connectivity index (χ0n) is 10.3.